The molecule has 0 aliphatic carbocycles. The maximum Gasteiger partial charge on any atom is 0.248 e. The van der Waals surface area contributed by atoms with Gasteiger partial charge < -0.3 is 4.57 Å². The van der Waals surface area contributed by atoms with Crippen LogP contribution in [0.25, 0.3) is 0 Å². The van der Waals surface area contributed by atoms with Gasteiger partial charge in [0, 0.05) is 17.4 Å². The van der Waals surface area contributed by atoms with Crippen molar-refractivity contribution in [1.82, 2.24) is 29.8 Å². The Bertz CT molecular complexity index is 768. The van der Waals surface area contributed by atoms with Crippen LogP contribution in [-0.2, 0) is 17.9 Å². The van der Waals surface area contributed by atoms with Crippen LogP contribution >= 0.6 is 11.6 Å². The molecule has 9 heteroatoms. The van der Waals surface area contributed by atoms with Gasteiger partial charge in [0.2, 0.25) is 11.9 Å². The van der Waals surface area contributed by atoms with Crippen molar-refractivity contribution in [3.05, 3.63) is 53.6 Å². The maximum absolute atomic E-state index is 11.9. The number of carbonyl (C=O) groups is 1. The van der Waals surface area contributed by atoms with Gasteiger partial charge in [-0.1, -0.05) is 29.8 Å². The van der Waals surface area contributed by atoms with E-state index in [0.717, 1.165) is 5.56 Å². The summed E-state index contributed by atoms with van der Waals surface area (Å²) < 4.78 is 3.13. The molecule has 2 heterocycles. The van der Waals surface area contributed by atoms with Gasteiger partial charge in [-0.25, -0.2) is 9.67 Å². The van der Waals surface area contributed by atoms with Crippen molar-refractivity contribution in [3.8, 4) is 0 Å². The second-order valence-electron chi connectivity index (χ2n) is 4.53. The topological polar surface area (TPSA) is 90.5 Å². The molecule has 3 rings (SSSR count). The van der Waals surface area contributed by atoms with E-state index in [1.54, 1.807) is 17.0 Å². The molecule has 2 aromatic heterocycles. The number of carbonyl (C=O) groups excluding carboxylic acids is 1. The highest BCUT2D eigenvalue weighted by Gasteiger charge is 2.10. The summed E-state index contributed by atoms with van der Waals surface area (Å²) >= 11 is 6.15. The van der Waals surface area contributed by atoms with Crippen molar-refractivity contribution in [3.63, 3.8) is 0 Å². The van der Waals surface area contributed by atoms with Crippen molar-refractivity contribution < 1.29 is 4.79 Å². The fourth-order valence-corrected chi connectivity index (χ4v) is 2.13. The molecule has 8 nitrogen and oxygen atoms in total. The molecule has 0 saturated carbocycles. The lowest BCUT2D eigenvalue weighted by atomic mass is 10.2. The Balaban J connectivity index is 1.69. The first-order valence-corrected chi connectivity index (χ1v) is 6.85. The SMILES string of the molecule is O=C(Cn1cnnn1)Nc1nccn1Cc1ccccc1Cl. The molecule has 0 spiro atoms. The molecule has 0 fully saturated rings. The van der Waals surface area contributed by atoms with E-state index in [-0.39, 0.29) is 12.5 Å². The number of nitrogens with one attached hydrogen (secondary N) is 1. The predicted octanol–water partition coefficient (Wildman–Crippen LogP) is 1.21. The van der Waals surface area contributed by atoms with E-state index in [2.05, 4.69) is 25.8 Å². The van der Waals surface area contributed by atoms with Gasteiger partial charge in [0.1, 0.15) is 12.9 Å². The van der Waals surface area contributed by atoms with Gasteiger partial charge in [0.05, 0.1) is 6.54 Å². The molecular formula is C13H12ClN7O. The van der Waals surface area contributed by atoms with E-state index < -0.39 is 0 Å². The summed E-state index contributed by atoms with van der Waals surface area (Å²) in [5.41, 5.74) is 0.943. The van der Waals surface area contributed by atoms with Crippen molar-refractivity contribution in [2.75, 3.05) is 5.32 Å². The zero-order valence-corrected chi connectivity index (χ0v) is 12.2. The van der Waals surface area contributed by atoms with Crippen LogP contribution in [0.4, 0.5) is 5.95 Å². The molecule has 0 aliphatic heterocycles. The highest BCUT2D eigenvalue weighted by atomic mass is 35.5. The third kappa shape index (κ3) is 3.29. The fraction of sp³-hybridized carbons (Fsp3) is 0.154. The number of amides is 1. The predicted molar refractivity (Wildman–Crippen MR) is 79.2 cm³/mol. The molecule has 0 bridgehead atoms. The standard InChI is InChI=1S/C13H12ClN7O/c14-11-4-2-1-3-10(11)7-20-6-5-15-13(20)17-12(22)8-21-9-16-18-19-21/h1-6,9H,7-8H2,(H,15,17,22). The minimum absolute atomic E-state index is 0.0198. The highest BCUT2D eigenvalue weighted by molar-refractivity contribution is 6.31. The van der Waals surface area contributed by atoms with Crippen molar-refractivity contribution in [1.29, 1.82) is 0 Å². The third-order valence-electron chi connectivity index (χ3n) is 2.96. The van der Waals surface area contributed by atoms with Crippen LogP contribution in [0.3, 0.4) is 0 Å². The number of imidazole rings is 1. The van der Waals surface area contributed by atoms with Crippen LogP contribution in [0.1, 0.15) is 5.56 Å². The summed E-state index contributed by atoms with van der Waals surface area (Å²) in [5, 5.41) is 14.0. The first kappa shape index (κ1) is 14.2. The Kier molecular flexibility index (Phi) is 4.10. The number of hydrogen-bond donors (Lipinski definition) is 1. The summed E-state index contributed by atoms with van der Waals surface area (Å²) in [6.45, 7) is 0.534. The Morgan fingerprint density at radius 2 is 2.18 bits per heavy atom. The van der Waals surface area contributed by atoms with Crippen LogP contribution in [0.2, 0.25) is 5.02 Å². The average Bonchev–Trinajstić information content (AvgIpc) is 3.14. The minimum atomic E-state index is -0.265. The molecule has 0 aliphatic rings. The number of anilines is 1. The van der Waals surface area contributed by atoms with Crippen LogP contribution in [0.5, 0.6) is 0 Å². The quantitative estimate of drug-likeness (QED) is 0.764. The minimum Gasteiger partial charge on any atom is -0.313 e. The van der Waals surface area contributed by atoms with Crippen LogP contribution < -0.4 is 5.32 Å². The van der Waals surface area contributed by atoms with Crippen LogP contribution in [0, 0.1) is 0 Å². The molecule has 1 aromatic carbocycles. The molecule has 1 amide bonds. The highest BCUT2D eigenvalue weighted by Crippen LogP contribution is 2.18. The van der Waals surface area contributed by atoms with Gasteiger partial charge in [-0.2, -0.15) is 0 Å². The smallest absolute Gasteiger partial charge is 0.248 e. The summed E-state index contributed by atoms with van der Waals surface area (Å²) in [4.78, 5) is 16.1. The van der Waals surface area contributed by atoms with Gasteiger partial charge in [0.15, 0.2) is 0 Å². The van der Waals surface area contributed by atoms with E-state index in [9.17, 15) is 4.79 Å². The third-order valence-corrected chi connectivity index (χ3v) is 3.33. The maximum atomic E-state index is 11.9. The molecule has 0 saturated heterocycles. The van der Waals surface area contributed by atoms with Crippen LogP contribution in [0.15, 0.2) is 43.0 Å². The van der Waals surface area contributed by atoms with Gasteiger partial charge in [-0.3, -0.25) is 10.1 Å². The number of hydrogen-bond acceptors (Lipinski definition) is 5. The fourth-order valence-electron chi connectivity index (χ4n) is 1.94. The van der Waals surface area contributed by atoms with Crippen molar-refractivity contribution >= 4 is 23.5 Å². The number of rotatable bonds is 5. The molecule has 0 radical (unpaired) electrons. The molecule has 3 aromatic rings. The number of halogens is 1. The van der Waals surface area contributed by atoms with E-state index in [1.165, 1.54) is 11.0 Å². The summed E-state index contributed by atoms with van der Waals surface area (Å²) in [6, 6.07) is 7.53. The molecule has 112 valence electrons. The van der Waals surface area contributed by atoms with Gasteiger partial charge in [-0.05, 0) is 22.1 Å². The van der Waals surface area contributed by atoms with E-state index in [1.807, 2.05) is 24.3 Å². The summed E-state index contributed by atoms with van der Waals surface area (Å²) in [5.74, 6) is 0.178. The van der Waals surface area contributed by atoms with E-state index >= 15 is 0 Å². The second-order valence-corrected chi connectivity index (χ2v) is 4.93. The summed E-state index contributed by atoms with van der Waals surface area (Å²) in [7, 11) is 0. The van der Waals surface area contributed by atoms with Gasteiger partial charge in [-0.15, -0.1) is 5.10 Å². The molecule has 0 unspecified atom stereocenters. The Morgan fingerprint density at radius 1 is 1.32 bits per heavy atom. The monoisotopic (exact) mass is 317 g/mol. The zero-order valence-electron chi connectivity index (χ0n) is 11.4. The first-order valence-electron chi connectivity index (χ1n) is 6.47. The Labute approximate surface area is 130 Å². The molecule has 0 atom stereocenters. The zero-order chi connectivity index (χ0) is 15.4. The lowest BCUT2D eigenvalue weighted by molar-refractivity contribution is -0.117. The number of tetrazole rings is 1. The van der Waals surface area contributed by atoms with E-state index in [0.29, 0.717) is 17.5 Å². The molecular weight excluding hydrogens is 306 g/mol. The Morgan fingerprint density at radius 3 is 2.95 bits per heavy atom. The van der Waals surface area contributed by atoms with E-state index in [4.69, 9.17) is 11.6 Å². The van der Waals surface area contributed by atoms with Crippen molar-refractivity contribution in [2.24, 2.45) is 0 Å². The number of aromatic nitrogens is 6. The summed E-state index contributed by atoms with van der Waals surface area (Å²) in [6.07, 6.45) is 4.76. The number of benzene rings is 1. The molecule has 22 heavy (non-hydrogen) atoms. The normalized spacial score (nSPS) is 10.6. The lowest BCUT2D eigenvalue weighted by Gasteiger charge is -2.10. The van der Waals surface area contributed by atoms with Crippen molar-refractivity contribution in [2.45, 2.75) is 13.1 Å². The Hall–Kier alpha value is -2.74. The molecule has 1 N–H and O–H groups in total. The van der Waals surface area contributed by atoms with Gasteiger partial charge in [0.25, 0.3) is 0 Å². The largest absolute Gasteiger partial charge is 0.313 e. The van der Waals surface area contributed by atoms with Crippen LogP contribution in [-0.4, -0.2) is 35.7 Å². The lowest BCUT2D eigenvalue weighted by Crippen LogP contribution is -2.21. The first-order chi connectivity index (χ1) is 10.7. The van der Waals surface area contributed by atoms with Gasteiger partial charge >= 0.3 is 0 Å². The average molecular weight is 318 g/mol. The second kappa shape index (κ2) is 6.35. The number of nitrogens with zero attached hydrogens (tertiary/aromatic N) is 6.